The summed E-state index contributed by atoms with van der Waals surface area (Å²) in [6.45, 7) is 3.05. The second-order valence-electron chi connectivity index (χ2n) is 5.41. The highest BCUT2D eigenvalue weighted by Gasteiger charge is 2.20. The largest absolute Gasteiger partial charge is 0.309 e. The highest BCUT2D eigenvalue weighted by Crippen LogP contribution is 2.33. The molecule has 1 aliphatic carbocycles. The fraction of sp³-hybridized carbons (Fsp3) is 0.625. The van der Waals surface area contributed by atoms with Gasteiger partial charge in [-0.05, 0) is 37.9 Å². The van der Waals surface area contributed by atoms with Gasteiger partial charge in [-0.2, -0.15) is 11.8 Å². The average molecular weight is 316 g/mol. The number of thioether (sulfide) groups is 1. The molecule has 1 fully saturated rings. The lowest BCUT2D eigenvalue weighted by Crippen LogP contribution is -2.25. The molecule has 2 rings (SSSR count). The second-order valence-corrected chi connectivity index (χ2v) is 7.18. The number of benzene rings is 1. The molecule has 1 unspecified atom stereocenters. The van der Waals surface area contributed by atoms with Crippen LogP contribution < -0.4 is 5.32 Å². The summed E-state index contributed by atoms with van der Waals surface area (Å²) in [5.41, 5.74) is 0.744. The van der Waals surface area contributed by atoms with Gasteiger partial charge >= 0.3 is 0 Å². The van der Waals surface area contributed by atoms with E-state index in [0.29, 0.717) is 5.02 Å². The Morgan fingerprint density at radius 2 is 2.15 bits per heavy atom. The van der Waals surface area contributed by atoms with Crippen molar-refractivity contribution in [1.29, 1.82) is 0 Å². The van der Waals surface area contributed by atoms with Gasteiger partial charge in [-0.25, -0.2) is 4.39 Å². The molecule has 0 spiro atoms. The first-order valence-electron chi connectivity index (χ1n) is 7.50. The molecule has 0 radical (unpaired) electrons. The molecule has 20 heavy (non-hydrogen) atoms. The normalized spacial score (nSPS) is 17.6. The van der Waals surface area contributed by atoms with E-state index in [1.54, 1.807) is 6.07 Å². The molecule has 1 nitrogen and oxygen atoms in total. The smallest absolute Gasteiger partial charge is 0.129 e. The topological polar surface area (TPSA) is 12.0 Å². The monoisotopic (exact) mass is 315 g/mol. The Balaban J connectivity index is 2.01. The lowest BCUT2D eigenvalue weighted by molar-refractivity contribution is 0.532. The summed E-state index contributed by atoms with van der Waals surface area (Å²) in [6.07, 6.45) is 6.38. The van der Waals surface area contributed by atoms with E-state index >= 15 is 0 Å². The van der Waals surface area contributed by atoms with Crippen molar-refractivity contribution >= 4 is 23.4 Å². The maximum Gasteiger partial charge on any atom is 0.129 e. The van der Waals surface area contributed by atoms with Gasteiger partial charge in [0.15, 0.2) is 0 Å². The Morgan fingerprint density at radius 1 is 1.40 bits per heavy atom. The molecule has 0 aliphatic heterocycles. The van der Waals surface area contributed by atoms with Crippen LogP contribution in [0.15, 0.2) is 18.2 Å². The van der Waals surface area contributed by atoms with Crippen LogP contribution in [-0.2, 0) is 0 Å². The summed E-state index contributed by atoms with van der Waals surface area (Å²) < 4.78 is 14.1. The van der Waals surface area contributed by atoms with Crippen molar-refractivity contribution in [2.45, 2.75) is 50.3 Å². The number of hydrogen-bond acceptors (Lipinski definition) is 2. The predicted molar refractivity (Wildman–Crippen MR) is 87.2 cm³/mol. The third-order valence-electron chi connectivity index (χ3n) is 3.78. The van der Waals surface area contributed by atoms with Gasteiger partial charge in [0, 0.05) is 27.6 Å². The standard InChI is InChI=1S/C16H23ClFNS/c1-2-9-19-16(11-20-13-5-3-4-6-13)14-8-7-12(17)10-15(14)18/h7-8,10,13,16,19H,2-6,9,11H2,1H3. The minimum atomic E-state index is -0.196. The summed E-state index contributed by atoms with van der Waals surface area (Å²) in [5, 5.41) is 4.69. The fourth-order valence-corrected chi connectivity index (χ4v) is 4.24. The van der Waals surface area contributed by atoms with Crippen molar-refractivity contribution in [3.8, 4) is 0 Å². The van der Waals surface area contributed by atoms with Crippen molar-refractivity contribution in [2.24, 2.45) is 0 Å². The summed E-state index contributed by atoms with van der Waals surface area (Å²) in [6, 6.07) is 5.09. The zero-order valence-electron chi connectivity index (χ0n) is 12.0. The summed E-state index contributed by atoms with van der Waals surface area (Å²) in [5.74, 6) is 0.738. The van der Waals surface area contributed by atoms with E-state index in [1.807, 2.05) is 17.8 Å². The van der Waals surface area contributed by atoms with Crippen LogP contribution in [0.3, 0.4) is 0 Å². The maximum absolute atomic E-state index is 14.1. The van der Waals surface area contributed by atoms with Crippen molar-refractivity contribution < 1.29 is 4.39 Å². The van der Waals surface area contributed by atoms with Crippen LogP contribution in [0.4, 0.5) is 4.39 Å². The Labute approximate surface area is 130 Å². The van der Waals surface area contributed by atoms with Crippen LogP contribution in [0.1, 0.15) is 50.6 Å². The van der Waals surface area contributed by atoms with Crippen LogP contribution in [0.25, 0.3) is 0 Å². The minimum absolute atomic E-state index is 0.0813. The third-order valence-corrected chi connectivity index (χ3v) is 5.48. The van der Waals surface area contributed by atoms with Crippen molar-refractivity contribution in [2.75, 3.05) is 12.3 Å². The molecule has 112 valence electrons. The Morgan fingerprint density at radius 3 is 2.80 bits per heavy atom. The molecular formula is C16H23ClFNS. The van der Waals surface area contributed by atoms with E-state index in [4.69, 9.17) is 11.6 Å². The van der Waals surface area contributed by atoms with Gasteiger partial charge in [-0.15, -0.1) is 0 Å². The Kier molecular flexibility index (Phi) is 6.66. The molecule has 1 aliphatic rings. The first kappa shape index (κ1) is 16.1. The van der Waals surface area contributed by atoms with Gasteiger partial charge in [-0.3, -0.25) is 0 Å². The van der Waals surface area contributed by atoms with Gasteiger partial charge in [-0.1, -0.05) is 37.4 Å². The fourth-order valence-electron chi connectivity index (χ4n) is 2.65. The van der Waals surface area contributed by atoms with Gasteiger partial charge in [0.2, 0.25) is 0 Å². The first-order valence-corrected chi connectivity index (χ1v) is 8.93. The molecule has 4 heteroatoms. The maximum atomic E-state index is 14.1. The molecule has 0 saturated heterocycles. The van der Waals surface area contributed by atoms with Gasteiger partial charge in [0.05, 0.1) is 0 Å². The van der Waals surface area contributed by atoms with E-state index in [0.717, 1.165) is 29.5 Å². The summed E-state index contributed by atoms with van der Waals surface area (Å²) >= 11 is 7.83. The van der Waals surface area contributed by atoms with E-state index in [2.05, 4.69) is 12.2 Å². The Bertz CT molecular complexity index is 421. The molecule has 1 saturated carbocycles. The highest BCUT2D eigenvalue weighted by atomic mass is 35.5. The van der Waals surface area contributed by atoms with Crippen molar-refractivity contribution in [1.82, 2.24) is 5.32 Å². The lowest BCUT2D eigenvalue weighted by Gasteiger charge is -2.21. The van der Waals surface area contributed by atoms with Crippen LogP contribution in [0.2, 0.25) is 5.02 Å². The van der Waals surface area contributed by atoms with Crippen LogP contribution in [-0.4, -0.2) is 17.5 Å². The quantitative estimate of drug-likeness (QED) is 0.742. The van der Waals surface area contributed by atoms with E-state index in [9.17, 15) is 4.39 Å². The number of hydrogen-bond donors (Lipinski definition) is 1. The molecule has 0 amide bonds. The first-order chi connectivity index (χ1) is 9.70. The molecule has 1 N–H and O–H groups in total. The van der Waals surface area contributed by atoms with Crippen molar-refractivity contribution in [3.05, 3.63) is 34.6 Å². The molecule has 0 aromatic heterocycles. The van der Waals surface area contributed by atoms with Gasteiger partial charge < -0.3 is 5.32 Å². The van der Waals surface area contributed by atoms with E-state index in [-0.39, 0.29) is 11.9 Å². The molecule has 0 bridgehead atoms. The lowest BCUT2D eigenvalue weighted by atomic mass is 10.1. The van der Waals surface area contributed by atoms with E-state index < -0.39 is 0 Å². The minimum Gasteiger partial charge on any atom is -0.309 e. The van der Waals surface area contributed by atoms with Crippen molar-refractivity contribution in [3.63, 3.8) is 0 Å². The molecule has 0 heterocycles. The van der Waals surface area contributed by atoms with Gasteiger partial charge in [0.1, 0.15) is 5.82 Å². The zero-order valence-corrected chi connectivity index (χ0v) is 13.6. The van der Waals surface area contributed by atoms with Crippen LogP contribution >= 0.6 is 23.4 Å². The Hall–Kier alpha value is -0.250. The second kappa shape index (κ2) is 8.26. The van der Waals surface area contributed by atoms with E-state index in [1.165, 1.54) is 31.7 Å². The third kappa shape index (κ3) is 4.64. The predicted octanol–water partition coefficient (Wildman–Crippen LogP) is 5.20. The summed E-state index contributed by atoms with van der Waals surface area (Å²) in [4.78, 5) is 0. The molecular weight excluding hydrogens is 293 g/mol. The van der Waals surface area contributed by atoms with Crippen LogP contribution in [0, 0.1) is 5.82 Å². The number of nitrogens with one attached hydrogen (secondary N) is 1. The van der Waals surface area contributed by atoms with Gasteiger partial charge in [0.25, 0.3) is 0 Å². The zero-order chi connectivity index (χ0) is 14.4. The number of halogens is 2. The van der Waals surface area contributed by atoms with Crippen LogP contribution in [0.5, 0.6) is 0 Å². The molecule has 1 atom stereocenters. The average Bonchev–Trinajstić information content (AvgIpc) is 2.93. The number of rotatable bonds is 7. The highest BCUT2D eigenvalue weighted by molar-refractivity contribution is 7.99. The molecule has 1 aromatic carbocycles. The molecule has 1 aromatic rings. The summed E-state index contributed by atoms with van der Waals surface area (Å²) in [7, 11) is 0. The SMILES string of the molecule is CCCNC(CSC1CCCC1)c1ccc(Cl)cc1F.